The second-order valence-corrected chi connectivity index (χ2v) is 5.37. The average Bonchev–Trinajstić information content (AvgIpc) is 2.52. The maximum atomic E-state index is 11.8. The normalized spacial score (nSPS) is 10.5. The first kappa shape index (κ1) is 16.1. The maximum absolute atomic E-state index is 11.8. The summed E-state index contributed by atoms with van der Waals surface area (Å²) in [6, 6.07) is 12.0. The van der Waals surface area contributed by atoms with Crippen LogP contribution in [0.15, 0.2) is 53.4 Å². The molecule has 22 heavy (non-hydrogen) atoms. The van der Waals surface area contributed by atoms with Gasteiger partial charge >= 0.3 is 16.6 Å². The predicted molar refractivity (Wildman–Crippen MR) is 88.4 cm³/mol. The predicted octanol–water partition coefficient (Wildman–Crippen LogP) is 3.79. The Hall–Kier alpha value is -2.24. The third-order valence-corrected chi connectivity index (χ3v) is 3.55. The van der Waals surface area contributed by atoms with Crippen molar-refractivity contribution in [2.24, 2.45) is 0 Å². The van der Waals surface area contributed by atoms with Crippen LogP contribution in [0.5, 0.6) is 5.75 Å². The van der Waals surface area contributed by atoms with Crippen molar-refractivity contribution in [2.75, 3.05) is 12.4 Å². The van der Waals surface area contributed by atoms with Crippen molar-refractivity contribution in [1.29, 1.82) is 0 Å². The van der Waals surface area contributed by atoms with E-state index in [9.17, 15) is 9.00 Å². The summed E-state index contributed by atoms with van der Waals surface area (Å²) in [5.74, 6) is 0.209. The Kier molecular flexibility index (Phi) is 5.63. The first-order chi connectivity index (χ1) is 10.6. The van der Waals surface area contributed by atoms with Crippen LogP contribution in [0.4, 0.5) is 5.69 Å². The number of hydrogen-bond acceptors (Lipinski definition) is 3. The lowest BCUT2D eigenvalue weighted by atomic mass is 10.2. The minimum atomic E-state index is -0.275. The summed E-state index contributed by atoms with van der Waals surface area (Å²) in [6.45, 7) is 0. The van der Waals surface area contributed by atoms with E-state index < -0.39 is 0 Å². The molecule has 0 radical (unpaired) electrons. The molecule has 0 heterocycles. The van der Waals surface area contributed by atoms with Crippen LogP contribution in [0.25, 0.3) is 6.08 Å². The van der Waals surface area contributed by atoms with Gasteiger partial charge in [0.25, 0.3) is 0 Å². The number of amides is 1. The van der Waals surface area contributed by atoms with Gasteiger partial charge in [-0.25, -0.2) is 0 Å². The highest BCUT2D eigenvalue weighted by Crippen LogP contribution is 2.21. The molecule has 0 spiro atoms. The highest BCUT2D eigenvalue weighted by molar-refractivity contribution is 7.65. The van der Waals surface area contributed by atoms with E-state index in [1.165, 1.54) is 13.2 Å². The molecule has 1 amide bonds. The Morgan fingerprint density at radius 3 is 2.77 bits per heavy atom. The molecule has 2 rings (SSSR count). The SMILES string of the molecule is COc1cc(/C=C/C(=O)Nc2cccc(Cl)c2)ccc1[S+]=O. The van der Waals surface area contributed by atoms with Crippen LogP contribution in [0.2, 0.25) is 5.02 Å². The first-order valence-electron chi connectivity index (χ1n) is 6.35. The quantitative estimate of drug-likeness (QED) is 0.668. The fourth-order valence-electron chi connectivity index (χ4n) is 1.78. The topological polar surface area (TPSA) is 55.4 Å². The van der Waals surface area contributed by atoms with E-state index in [0.29, 0.717) is 33.0 Å². The number of hydrogen-bond donors (Lipinski definition) is 1. The molecule has 0 saturated carbocycles. The summed E-state index contributed by atoms with van der Waals surface area (Å²) in [5, 5.41) is 3.26. The van der Waals surface area contributed by atoms with Gasteiger partial charge in [0.2, 0.25) is 5.91 Å². The average molecular weight is 335 g/mol. The molecule has 0 aliphatic heterocycles. The van der Waals surface area contributed by atoms with Crippen molar-refractivity contribution in [2.45, 2.75) is 4.90 Å². The molecule has 0 saturated heterocycles. The standard InChI is InChI=1S/C16H12ClNO3S/c1-21-14-9-11(5-7-15(14)22-20)6-8-16(19)18-13-4-2-3-12(17)10-13/h2-10H,1H3/p+1/b8-6+. The van der Waals surface area contributed by atoms with Crippen LogP contribution in [0.1, 0.15) is 5.56 Å². The van der Waals surface area contributed by atoms with Gasteiger partial charge in [-0.15, -0.1) is 0 Å². The van der Waals surface area contributed by atoms with Crippen LogP contribution in [-0.2, 0) is 20.7 Å². The molecule has 112 valence electrons. The Bertz CT molecular complexity index is 731. The highest BCUT2D eigenvalue weighted by atomic mass is 35.5. The van der Waals surface area contributed by atoms with Gasteiger partial charge in [-0.3, -0.25) is 4.79 Å². The van der Waals surface area contributed by atoms with E-state index in [4.69, 9.17) is 16.3 Å². The van der Waals surface area contributed by atoms with Gasteiger partial charge in [-0.2, -0.15) is 0 Å². The van der Waals surface area contributed by atoms with Crippen LogP contribution in [0.3, 0.4) is 0 Å². The van der Waals surface area contributed by atoms with Gasteiger partial charge in [0.15, 0.2) is 5.75 Å². The second kappa shape index (κ2) is 7.68. The van der Waals surface area contributed by atoms with Crippen LogP contribution < -0.4 is 10.1 Å². The van der Waals surface area contributed by atoms with E-state index in [1.807, 2.05) is 0 Å². The number of carbonyl (C=O) groups is 1. The fraction of sp³-hybridized carbons (Fsp3) is 0.0625. The molecule has 0 aliphatic rings. The maximum Gasteiger partial charge on any atom is 0.509 e. The molecule has 0 unspecified atom stereocenters. The van der Waals surface area contributed by atoms with E-state index in [-0.39, 0.29) is 5.91 Å². The lowest BCUT2D eigenvalue weighted by Crippen LogP contribution is -2.07. The first-order valence-corrected chi connectivity index (χ1v) is 7.47. The minimum Gasteiger partial charge on any atom is -0.491 e. The van der Waals surface area contributed by atoms with Gasteiger partial charge in [0.05, 0.1) is 7.11 Å². The number of halogens is 1. The van der Waals surface area contributed by atoms with Crippen molar-refractivity contribution in [3.63, 3.8) is 0 Å². The van der Waals surface area contributed by atoms with E-state index in [2.05, 4.69) is 5.32 Å². The van der Waals surface area contributed by atoms with E-state index in [1.54, 1.807) is 48.5 Å². The third kappa shape index (κ3) is 4.38. The molecule has 1 N–H and O–H groups in total. The van der Waals surface area contributed by atoms with Gasteiger partial charge in [-0.1, -0.05) is 17.7 Å². The summed E-state index contributed by atoms with van der Waals surface area (Å²) in [6.07, 6.45) is 3.04. The van der Waals surface area contributed by atoms with Crippen LogP contribution >= 0.6 is 11.6 Å². The zero-order valence-corrected chi connectivity index (χ0v) is 13.3. The minimum absolute atomic E-state index is 0.275. The van der Waals surface area contributed by atoms with E-state index in [0.717, 1.165) is 5.56 Å². The van der Waals surface area contributed by atoms with Crippen LogP contribution in [-0.4, -0.2) is 13.0 Å². The molecule has 0 aromatic heterocycles. The molecule has 0 bridgehead atoms. The zero-order valence-electron chi connectivity index (χ0n) is 11.7. The van der Waals surface area contributed by atoms with Crippen molar-refractivity contribution in [3.8, 4) is 5.75 Å². The van der Waals surface area contributed by atoms with Crippen LogP contribution in [0, 0.1) is 0 Å². The summed E-state index contributed by atoms with van der Waals surface area (Å²) in [4.78, 5) is 12.4. The second-order valence-electron chi connectivity index (χ2n) is 4.33. The number of anilines is 1. The summed E-state index contributed by atoms with van der Waals surface area (Å²) in [5.41, 5.74) is 1.38. The summed E-state index contributed by atoms with van der Waals surface area (Å²) in [7, 11) is 1.49. The van der Waals surface area contributed by atoms with Gasteiger partial charge in [0, 0.05) is 27.1 Å². The monoisotopic (exact) mass is 334 g/mol. The summed E-state index contributed by atoms with van der Waals surface area (Å²) >= 11 is 6.22. The summed E-state index contributed by atoms with van der Waals surface area (Å²) < 4.78 is 16.0. The third-order valence-electron chi connectivity index (χ3n) is 2.80. The largest absolute Gasteiger partial charge is 0.509 e. The Morgan fingerprint density at radius 2 is 2.09 bits per heavy atom. The molecule has 0 atom stereocenters. The number of rotatable bonds is 5. The van der Waals surface area contributed by atoms with E-state index >= 15 is 0 Å². The van der Waals surface area contributed by atoms with Crippen molar-refractivity contribution in [3.05, 3.63) is 59.1 Å². The molecule has 2 aromatic carbocycles. The fourth-order valence-corrected chi connectivity index (χ4v) is 2.32. The highest BCUT2D eigenvalue weighted by Gasteiger charge is 2.14. The molecular weight excluding hydrogens is 322 g/mol. The number of benzene rings is 2. The van der Waals surface area contributed by atoms with Gasteiger partial charge < -0.3 is 10.1 Å². The molecule has 6 heteroatoms. The van der Waals surface area contributed by atoms with Crippen molar-refractivity contribution >= 4 is 40.9 Å². The Labute approximate surface area is 137 Å². The van der Waals surface area contributed by atoms with Gasteiger partial charge in [0.1, 0.15) is 0 Å². The lowest BCUT2D eigenvalue weighted by Gasteiger charge is -2.02. The molecule has 0 aliphatic carbocycles. The lowest BCUT2D eigenvalue weighted by molar-refractivity contribution is -0.111. The van der Waals surface area contributed by atoms with Crippen molar-refractivity contribution in [1.82, 2.24) is 0 Å². The number of carbonyl (C=O) groups excluding carboxylic acids is 1. The molecular formula is C16H13ClNO3S+. The zero-order chi connectivity index (χ0) is 15.9. The molecule has 2 aromatic rings. The Balaban J connectivity index is 2.08. The molecule has 0 fully saturated rings. The number of methoxy groups -OCH3 is 1. The molecule has 4 nitrogen and oxygen atoms in total. The van der Waals surface area contributed by atoms with Gasteiger partial charge in [-0.05, 0) is 42.0 Å². The number of nitrogens with one attached hydrogen (secondary N) is 1. The smallest absolute Gasteiger partial charge is 0.491 e. The van der Waals surface area contributed by atoms with Crippen molar-refractivity contribution < 1.29 is 13.7 Å². The Morgan fingerprint density at radius 1 is 1.27 bits per heavy atom. The number of ether oxygens (including phenoxy) is 1.